The number of rotatable bonds is 6. The van der Waals surface area contributed by atoms with Crippen molar-refractivity contribution in [3.63, 3.8) is 0 Å². The Morgan fingerprint density at radius 3 is 2.50 bits per heavy atom. The van der Waals surface area contributed by atoms with E-state index in [1.165, 1.54) is 25.3 Å². The van der Waals surface area contributed by atoms with Crippen LogP contribution in [0.4, 0.5) is 0 Å². The van der Waals surface area contributed by atoms with E-state index < -0.39 is 83.5 Å². The highest BCUT2D eigenvalue weighted by atomic mass is 32.2. The van der Waals surface area contributed by atoms with Crippen molar-refractivity contribution in [2.75, 3.05) is 38.3 Å². The van der Waals surface area contributed by atoms with Crippen molar-refractivity contribution in [3.8, 4) is 17.2 Å². The Kier molecular flexibility index (Phi) is 8.43. The number of phenols is 2. The maximum Gasteiger partial charge on any atom is 0.202 e. The highest BCUT2D eigenvalue weighted by molar-refractivity contribution is 7.99. The van der Waals surface area contributed by atoms with Gasteiger partial charge in [-0.2, -0.15) is 11.8 Å². The van der Waals surface area contributed by atoms with Gasteiger partial charge in [0, 0.05) is 66.6 Å². The molecular weight excluding hydrogens is 594 g/mol. The summed E-state index contributed by atoms with van der Waals surface area (Å²) in [6.07, 6.45) is -5.77. The molecule has 2 aromatic carbocycles. The molecule has 0 bridgehead atoms. The van der Waals surface area contributed by atoms with Crippen LogP contribution in [-0.2, 0) is 15.9 Å². The number of fused-ring (bicyclic) bond motifs is 3. The molecule has 2 saturated heterocycles. The number of ether oxygens (including phenoxy) is 3. The molecule has 2 aromatic rings. The number of benzene rings is 2. The first-order valence-electron chi connectivity index (χ1n) is 14.7. The Balaban J connectivity index is 1.44. The van der Waals surface area contributed by atoms with Crippen molar-refractivity contribution in [3.05, 3.63) is 51.6 Å². The molecule has 7 atom stereocenters. The molecule has 2 fully saturated rings. The lowest BCUT2D eigenvalue weighted by Crippen LogP contribution is -2.57. The molecule has 6 rings (SSSR count). The van der Waals surface area contributed by atoms with Crippen molar-refractivity contribution in [1.29, 1.82) is 0 Å². The highest BCUT2D eigenvalue weighted by Crippen LogP contribution is 2.53. The van der Waals surface area contributed by atoms with Crippen molar-refractivity contribution in [1.82, 2.24) is 4.90 Å². The normalized spacial score (nSPS) is 31.2. The van der Waals surface area contributed by atoms with E-state index >= 15 is 0 Å². The summed E-state index contributed by atoms with van der Waals surface area (Å²) in [5.74, 6) is -0.710. The highest BCUT2D eigenvalue weighted by Gasteiger charge is 2.50. The Bertz CT molecular complexity index is 1480. The van der Waals surface area contributed by atoms with E-state index in [0.717, 1.165) is 24.6 Å². The molecule has 238 valence electrons. The number of ketones is 2. The quantitative estimate of drug-likeness (QED) is 0.211. The van der Waals surface area contributed by atoms with E-state index in [9.17, 15) is 40.2 Å². The van der Waals surface area contributed by atoms with Gasteiger partial charge < -0.3 is 44.8 Å². The molecule has 0 radical (unpaired) electrons. The predicted molar refractivity (Wildman–Crippen MR) is 157 cm³/mol. The van der Waals surface area contributed by atoms with Crippen molar-refractivity contribution < 1.29 is 54.4 Å². The number of carbonyl (C=O) groups excluding carboxylic acids is 2. The number of hydrogen-bond donors (Lipinski definition) is 6. The molecular formula is C31H37NO11S. The van der Waals surface area contributed by atoms with Crippen LogP contribution in [0.3, 0.4) is 0 Å². The second-order valence-corrected chi connectivity index (χ2v) is 13.1. The van der Waals surface area contributed by atoms with Gasteiger partial charge in [0.2, 0.25) is 5.78 Å². The fraction of sp³-hybridized carbons (Fsp3) is 0.548. The Hall–Kier alpha value is -2.75. The Labute approximate surface area is 258 Å². The number of carbonyl (C=O) groups is 2. The lowest BCUT2D eigenvalue weighted by Gasteiger charge is -2.46. The lowest BCUT2D eigenvalue weighted by molar-refractivity contribution is -0.261. The second-order valence-electron chi connectivity index (χ2n) is 11.9. The standard InChI is InChI=1S/C31H37NO11S/c1-14-26(35)17(32-6-8-44-9-7-32)10-21(42-14)43-19-12-31(40,20(34)13-33)11-16-23(19)30(39)25-24(28(16)37)27(36)15-4-3-5-18(41-2)22(15)29(25)38/h3-5,14,17,19-21,26,33-35,37,39-40H,6-13H2,1-2H3. The third-order valence-electron chi connectivity index (χ3n) is 9.40. The number of aliphatic hydroxyl groups is 4. The fourth-order valence-corrected chi connectivity index (χ4v) is 7.99. The summed E-state index contributed by atoms with van der Waals surface area (Å²) >= 11 is 1.83. The van der Waals surface area contributed by atoms with Crippen LogP contribution in [0.1, 0.15) is 68.8 Å². The number of phenolic OH excluding ortho intramolecular Hbond substituents is 2. The van der Waals surface area contributed by atoms with Gasteiger partial charge in [-0.1, -0.05) is 12.1 Å². The molecule has 2 aliphatic heterocycles. The van der Waals surface area contributed by atoms with Gasteiger partial charge in [-0.3, -0.25) is 14.5 Å². The van der Waals surface area contributed by atoms with Crippen LogP contribution < -0.4 is 4.74 Å². The largest absolute Gasteiger partial charge is 0.507 e. The second kappa shape index (κ2) is 11.9. The first kappa shape index (κ1) is 31.2. The molecule has 12 nitrogen and oxygen atoms in total. The SMILES string of the molecule is COc1cccc2c1C(=O)c1c(O)c3c(c(O)c1C2=O)CC(O)(C(O)CO)CC3OC1CC(N2CCSCC2)C(O)C(C)O1. The Morgan fingerprint density at radius 2 is 1.82 bits per heavy atom. The fourth-order valence-electron chi connectivity index (χ4n) is 7.06. The van der Waals surface area contributed by atoms with Crippen LogP contribution in [0.5, 0.6) is 17.2 Å². The number of aromatic hydroxyl groups is 2. The topological polar surface area (TPSA) is 186 Å². The number of thioether (sulfide) groups is 1. The molecule has 7 unspecified atom stereocenters. The number of hydrogen-bond acceptors (Lipinski definition) is 13. The lowest BCUT2D eigenvalue weighted by atomic mass is 9.71. The molecule has 6 N–H and O–H groups in total. The average molecular weight is 632 g/mol. The van der Waals surface area contributed by atoms with Gasteiger partial charge in [0.25, 0.3) is 0 Å². The van der Waals surface area contributed by atoms with Gasteiger partial charge in [0.05, 0.1) is 54.3 Å². The van der Waals surface area contributed by atoms with Gasteiger partial charge in [-0.25, -0.2) is 0 Å². The van der Waals surface area contributed by atoms with Crippen LogP contribution in [0.25, 0.3) is 0 Å². The zero-order chi connectivity index (χ0) is 31.5. The molecule has 2 aliphatic carbocycles. The molecule has 44 heavy (non-hydrogen) atoms. The minimum absolute atomic E-state index is 0.0175. The number of methoxy groups -OCH3 is 1. The summed E-state index contributed by atoms with van der Waals surface area (Å²) in [5.41, 5.74) is -3.06. The van der Waals surface area contributed by atoms with Crippen molar-refractivity contribution in [2.24, 2.45) is 0 Å². The summed E-state index contributed by atoms with van der Waals surface area (Å²) in [4.78, 5) is 29.7. The molecule has 2 heterocycles. The minimum Gasteiger partial charge on any atom is -0.507 e. The smallest absolute Gasteiger partial charge is 0.202 e. The number of aliphatic hydroxyl groups excluding tert-OH is 3. The molecule has 0 aromatic heterocycles. The molecule has 0 amide bonds. The molecule has 4 aliphatic rings. The van der Waals surface area contributed by atoms with Crippen LogP contribution in [-0.4, -0.2) is 122 Å². The molecule has 13 heteroatoms. The maximum absolute atomic E-state index is 13.8. The summed E-state index contributed by atoms with van der Waals surface area (Å²) in [7, 11) is 1.35. The number of nitrogens with zero attached hydrogens (tertiary/aromatic N) is 1. The maximum atomic E-state index is 13.8. The minimum atomic E-state index is -2.03. The van der Waals surface area contributed by atoms with Crippen molar-refractivity contribution >= 4 is 23.3 Å². The summed E-state index contributed by atoms with van der Waals surface area (Å²) < 4.78 is 17.7. The van der Waals surface area contributed by atoms with E-state index in [0.29, 0.717) is 0 Å². The summed E-state index contributed by atoms with van der Waals surface area (Å²) in [6.45, 7) is 2.48. The van der Waals surface area contributed by atoms with E-state index in [1.54, 1.807) is 6.92 Å². The summed E-state index contributed by atoms with van der Waals surface area (Å²) in [5, 5.41) is 66.2. The predicted octanol–water partition coefficient (Wildman–Crippen LogP) is 0.883. The van der Waals surface area contributed by atoms with E-state index in [2.05, 4.69) is 4.90 Å². The van der Waals surface area contributed by atoms with Crippen LogP contribution in [0.2, 0.25) is 0 Å². The van der Waals surface area contributed by atoms with Gasteiger partial charge in [0.15, 0.2) is 12.1 Å². The first-order chi connectivity index (χ1) is 21.0. The average Bonchev–Trinajstić information content (AvgIpc) is 3.02. The van der Waals surface area contributed by atoms with Crippen molar-refractivity contribution in [2.45, 2.75) is 68.5 Å². The van der Waals surface area contributed by atoms with Gasteiger partial charge >= 0.3 is 0 Å². The third kappa shape index (κ3) is 4.99. The Morgan fingerprint density at radius 1 is 1.11 bits per heavy atom. The van der Waals surface area contributed by atoms with Gasteiger partial charge in [-0.15, -0.1) is 0 Å². The zero-order valence-corrected chi connectivity index (χ0v) is 25.2. The zero-order valence-electron chi connectivity index (χ0n) is 24.4. The van der Waals surface area contributed by atoms with Crippen LogP contribution in [0.15, 0.2) is 18.2 Å². The monoisotopic (exact) mass is 631 g/mol. The van der Waals surface area contributed by atoms with E-state index in [-0.39, 0.29) is 46.9 Å². The van der Waals surface area contributed by atoms with Gasteiger partial charge in [0.1, 0.15) is 23.4 Å². The third-order valence-corrected chi connectivity index (χ3v) is 10.3. The molecule has 0 saturated carbocycles. The van der Waals surface area contributed by atoms with Crippen LogP contribution in [0, 0.1) is 0 Å². The van der Waals surface area contributed by atoms with E-state index in [1.807, 2.05) is 11.8 Å². The summed E-state index contributed by atoms with van der Waals surface area (Å²) in [6, 6.07) is 4.17. The van der Waals surface area contributed by atoms with Gasteiger partial charge in [-0.05, 0) is 13.0 Å². The molecule has 0 spiro atoms. The van der Waals surface area contributed by atoms with E-state index in [4.69, 9.17) is 14.2 Å². The first-order valence-corrected chi connectivity index (χ1v) is 15.8. The van der Waals surface area contributed by atoms with Crippen LogP contribution >= 0.6 is 11.8 Å².